The van der Waals surface area contributed by atoms with E-state index in [-0.39, 0.29) is 18.2 Å². The molecule has 0 amide bonds. The smallest absolute Gasteiger partial charge is 0.258 e. The Morgan fingerprint density at radius 2 is 1.26 bits per heavy atom. The van der Waals surface area contributed by atoms with Gasteiger partial charge in [-0.05, 0) is 71.4 Å². The number of nitrogens with zero attached hydrogens (tertiary/aromatic N) is 1. The maximum atomic E-state index is 7.12. The molecule has 260 valence electrons. The highest BCUT2D eigenvalue weighted by atomic mass is 28.4. The Bertz CT molecular complexity index is 1240. The highest BCUT2D eigenvalue weighted by Crippen LogP contribution is 2.45. The van der Waals surface area contributed by atoms with Gasteiger partial charge in [0.2, 0.25) is 5.90 Å². The molecule has 7 nitrogen and oxygen atoms in total. The van der Waals surface area contributed by atoms with E-state index in [4.69, 9.17) is 28.1 Å². The predicted molar refractivity (Wildman–Crippen MR) is 198 cm³/mol. The largest absolute Gasteiger partial charge is 0.543 e. The van der Waals surface area contributed by atoms with Gasteiger partial charge in [0, 0.05) is 24.4 Å². The molecular formula is C37H64N2O5Si2. The predicted octanol–water partition coefficient (Wildman–Crippen LogP) is 10.4. The van der Waals surface area contributed by atoms with E-state index in [1.165, 1.54) is 0 Å². The van der Waals surface area contributed by atoms with Crippen molar-refractivity contribution in [3.8, 4) is 22.8 Å². The Balaban J connectivity index is 1.95. The first-order chi connectivity index (χ1) is 21.5. The highest BCUT2D eigenvalue weighted by molar-refractivity contribution is 6.78. The first kappa shape index (κ1) is 38.4. The summed E-state index contributed by atoms with van der Waals surface area (Å²) in [5.41, 5.74) is 5.76. The molecule has 1 N–H and O–H groups in total. The molecule has 0 bridgehead atoms. The molecule has 2 aromatic rings. The number of ether oxygens (including phenoxy) is 3. The van der Waals surface area contributed by atoms with Gasteiger partial charge in [0.15, 0.2) is 8.32 Å². The second-order valence-electron chi connectivity index (χ2n) is 15.2. The Morgan fingerprint density at radius 3 is 1.78 bits per heavy atom. The van der Waals surface area contributed by atoms with E-state index < -0.39 is 16.6 Å². The van der Waals surface area contributed by atoms with E-state index >= 15 is 0 Å². The number of aromatic amines is 1. The van der Waals surface area contributed by atoms with Crippen LogP contribution in [0.2, 0.25) is 33.2 Å². The van der Waals surface area contributed by atoms with Crippen molar-refractivity contribution >= 4 is 22.5 Å². The average Bonchev–Trinajstić information content (AvgIpc) is 3.58. The monoisotopic (exact) mass is 672 g/mol. The topological polar surface area (TPSA) is 74.3 Å². The van der Waals surface area contributed by atoms with Gasteiger partial charge in [-0.15, -0.1) is 0 Å². The van der Waals surface area contributed by atoms with Crippen molar-refractivity contribution in [3.05, 3.63) is 36.0 Å². The van der Waals surface area contributed by atoms with E-state index in [1.807, 2.05) is 13.0 Å². The average molecular weight is 673 g/mol. The van der Waals surface area contributed by atoms with Gasteiger partial charge < -0.3 is 28.0 Å². The molecule has 0 radical (unpaired) electrons. The third-order valence-corrected chi connectivity index (χ3v) is 22.3. The van der Waals surface area contributed by atoms with Gasteiger partial charge in [0.1, 0.15) is 35.4 Å². The van der Waals surface area contributed by atoms with Crippen LogP contribution in [0.15, 0.2) is 35.3 Å². The fourth-order valence-electron chi connectivity index (χ4n) is 8.18. The maximum absolute atomic E-state index is 7.12. The first-order valence-corrected chi connectivity index (χ1v) is 21.8. The quantitative estimate of drug-likeness (QED) is 0.169. The zero-order valence-electron chi connectivity index (χ0n) is 31.5. The van der Waals surface area contributed by atoms with Gasteiger partial charge in [0.05, 0.1) is 13.2 Å². The number of hydrogen-bond donors (Lipinski definition) is 1. The summed E-state index contributed by atoms with van der Waals surface area (Å²) in [5.74, 6) is 2.26. The molecule has 0 saturated heterocycles. The van der Waals surface area contributed by atoms with Crippen LogP contribution in [0.25, 0.3) is 11.3 Å². The summed E-state index contributed by atoms with van der Waals surface area (Å²) in [7, 11) is -2.48. The van der Waals surface area contributed by atoms with Crippen molar-refractivity contribution in [2.45, 2.75) is 148 Å². The van der Waals surface area contributed by atoms with Crippen molar-refractivity contribution in [2.75, 3.05) is 20.3 Å². The number of aliphatic imine (C=N–C) groups is 1. The molecule has 0 fully saturated rings. The lowest BCUT2D eigenvalue weighted by Crippen LogP contribution is -2.50. The van der Waals surface area contributed by atoms with Gasteiger partial charge in [-0.25, -0.2) is 4.99 Å². The first-order valence-electron chi connectivity index (χ1n) is 17.6. The van der Waals surface area contributed by atoms with Crippen molar-refractivity contribution in [1.29, 1.82) is 0 Å². The van der Waals surface area contributed by atoms with Crippen LogP contribution in [0.5, 0.6) is 11.5 Å². The minimum atomic E-state index is -2.18. The van der Waals surface area contributed by atoms with Crippen LogP contribution in [0.1, 0.15) is 103 Å². The SMILES string of the molecule is COC[C@H](C)Oc1cc(O[Si](C(C)C)(C(C)C)C(C)C)cc(-c2ccc(C3=N[C@H](CO[Si](C(C)C)(C(C)C)C(C)C)[C@H](C)O3)[nH]2)c1. The van der Waals surface area contributed by atoms with Crippen LogP contribution >= 0.6 is 0 Å². The minimum Gasteiger partial charge on any atom is -0.543 e. The molecule has 0 aliphatic carbocycles. The molecule has 0 saturated carbocycles. The summed E-state index contributed by atoms with van der Waals surface area (Å²) in [5, 5.41) is 0. The fourth-order valence-corrected chi connectivity index (χ4v) is 18.9. The van der Waals surface area contributed by atoms with Crippen LogP contribution in [0.3, 0.4) is 0 Å². The molecule has 0 spiro atoms. The standard InChI is InChI=1S/C37H64N2O5Si2/c1-23(2)45(24(3)4,25(5)6)41-22-36-30(14)43-37(39-36)35-17-16-34(38-35)31-18-32(42-29(13)21-40-15)20-33(19-31)44-46(26(7)8,27(9)10)28(11)12/h16-20,23-30,36,38H,21-22H2,1-15H3/t29-,30-,36+/m0/s1. The summed E-state index contributed by atoms with van der Waals surface area (Å²) in [6, 6.07) is 10.4. The molecule has 1 aromatic heterocycles. The third-order valence-electron chi connectivity index (χ3n) is 10.2. The maximum Gasteiger partial charge on any atom is 0.258 e. The molecule has 1 aliphatic rings. The second-order valence-corrected chi connectivity index (χ2v) is 26.1. The third kappa shape index (κ3) is 8.13. The Labute approximate surface area is 282 Å². The van der Waals surface area contributed by atoms with Crippen LogP contribution in [-0.2, 0) is 13.9 Å². The molecule has 1 aromatic carbocycles. The van der Waals surface area contributed by atoms with Gasteiger partial charge >= 0.3 is 0 Å². The van der Waals surface area contributed by atoms with E-state index in [1.54, 1.807) is 7.11 Å². The number of nitrogens with one attached hydrogen (secondary N) is 1. The molecule has 3 atom stereocenters. The van der Waals surface area contributed by atoms with Crippen LogP contribution in [0.4, 0.5) is 0 Å². The summed E-state index contributed by atoms with van der Waals surface area (Å²) in [6.45, 7) is 33.0. The molecule has 46 heavy (non-hydrogen) atoms. The van der Waals surface area contributed by atoms with Gasteiger partial charge in [0.25, 0.3) is 8.32 Å². The zero-order chi connectivity index (χ0) is 34.6. The number of aromatic nitrogens is 1. The Kier molecular flexibility index (Phi) is 13.2. The van der Waals surface area contributed by atoms with Crippen LogP contribution < -0.4 is 9.16 Å². The van der Waals surface area contributed by atoms with E-state index in [0.29, 0.717) is 52.4 Å². The zero-order valence-corrected chi connectivity index (χ0v) is 33.5. The van der Waals surface area contributed by atoms with Crippen molar-refractivity contribution < 1.29 is 23.1 Å². The van der Waals surface area contributed by atoms with E-state index in [0.717, 1.165) is 28.5 Å². The van der Waals surface area contributed by atoms with Crippen LogP contribution in [0, 0.1) is 0 Å². The van der Waals surface area contributed by atoms with E-state index in [2.05, 4.69) is 119 Å². The fraction of sp³-hybridized carbons (Fsp3) is 0.703. The minimum absolute atomic E-state index is 0.0370. The second kappa shape index (κ2) is 15.9. The highest BCUT2D eigenvalue weighted by Gasteiger charge is 2.48. The number of hydrogen-bond acceptors (Lipinski definition) is 6. The van der Waals surface area contributed by atoms with E-state index in [9.17, 15) is 0 Å². The van der Waals surface area contributed by atoms with Crippen LogP contribution in [-0.4, -0.2) is 66.1 Å². The summed E-state index contributed by atoms with van der Waals surface area (Å²) in [4.78, 5) is 8.62. The molecule has 3 rings (SSSR count). The number of methoxy groups -OCH3 is 1. The normalized spacial score (nSPS) is 18.3. The Morgan fingerprint density at radius 1 is 0.739 bits per heavy atom. The van der Waals surface area contributed by atoms with Crippen molar-refractivity contribution in [3.63, 3.8) is 0 Å². The number of H-pyrrole nitrogens is 1. The van der Waals surface area contributed by atoms with Crippen molar-refractivity contribution in [2.24, 2.45) is 4.99 Å². The van der Waals surface area contributed by atoms with Gasteiger partial charge in [-0.3, -0.25) is 0 Å². The molecule has 2 heterocycles. The Hall–Kier alpha value is -2.08. The molecular weight excluding hydrogens is 609 g/mol. The lowest BCUT2D eigenvalue weighted by Gasteiger charge is -2.42. The number of rotatable bonds is 17. The number of benzene rings is 1. The summed E-state index contributed by atoms with van der Waals surface area (Å²) >= 11 is 0. The van der Waals surface area contributed by atoms with Gasteiger partial charge in [-0.1, -0.05) is 83.1 Å². The van der Waals surface area contributed by atoms with Gasteiger partial charge in [-0.2, -0.15) is 0 Å². The lowest BCUT2D eigenvalue weighted by molar-refractivity contribution is 0.0920. The summed E-state index contributed by atoms with van der Waals surface area (Å²) in [6.07, 6.45) is -0.152. The molecule has 0 unspecified atom stereocenters. The molecule has 1 aliphatic heterocycles. The lowest BCUT2D eigenvalue weighted by atomic mass is 10.1. The molecule has 9 heteroatoms. The van der Waals surface area contributed by atoms with Crippen molar-refractivity contribution in [1.82, 2.24) is 4.98 Å². The summed E-state index contributed by atoms with van der Waals surface area (Å²) < 4.78 is 32.0.